The van der Waals surface area contributed by atoms with Crippen molar-refractivity contribution in [2.45, 2.75) is 25.8 Å². The summed E-state index contributed by atoms with van der Waals surface area (Å²) in [5.41, 5.74) is 11.1. The van der Waals surface area contributed by atoms with Gasteiger partial charge in [-0.05, 0) is 19.9 Å². The summed E-state index contributed by atoms with van der Waals surface area (Å²) in [7, 11) is 0. The predicted octanol–water partition coefficient (Wildman–Crippen LogP) is 0.109. The van der Waals surface area contributed by atoms with Crippen molar-refractivity contribution < 1.29 is 9.47 Å². The van der Waals surface area contributed by atoms with Crippen molar-refractivity contribution in [1.29, 1.82) is 0 Å². The molecule has 15 heavy (non-hydrogen) atoms. The minimum atomic E-state index is -0.0580. The summed E-state index contributed by atoms with van der Waals surface area (Å²) < 4.78 is 10.6. The van der Waals surface area contributed by atoms with Gasteiger partial charge in [0.2, 0.25) is 0 Å². The maximum atomic E-state index is 5.75. The first-order valence-electron chi connectivity index (χ1n) is 5.32. The van der Waals surface area contributed by atoms with E-state index in [1.807, 2.05) is 6.92 Å². The van der Waals surface area contributed by atoms with Crippen LogP contribution in [0.25, 0.3) is 0 Å². The third kappa shape index (κ3) is 11.3. The molecule has 0 heterocycles. The minimum Gasteiger partial charge on any atom is -0.380 e. The van der Waals surface area contributed by atoms with Crippen LogP contribution in [0.4, 0.5) is 0 Å². The molecule has 0 bridgehead atoms. The summed E-state index contributed by atoms with van der Waals surface area (Å²) in [4.78, 5) is 0. The van der Waals surface area contributed by atoms with Gasteiger partial charge in [-0.15, -0.1) is 11.8 Å². The molecule has 0 amide bonds. The van der Waals surface area contributed by atoms with Crippen LogP contribution in [0.15, 0.2) is 0 Å². The van der Waals surface area contributed by atoms with E-state index in [1.165, 1.54) is 0 Å². The van der Waals surface area contributed by atoms with Gasteiger partial charge < -0.3 is 20.9 Å². The molecular weight excluding hydrogens is 192 g/mol. The molecule has 1 unspecified atom stereocenters. The second-order valence-electron chi connectivity index (χ2n) is 3.23. The Morgan fingerprint density at radius 2 is 1.87 bits per heavy atom. The lowest BCUT2D eigenvalue weighted by molar-refractivity contribution is 0.0692. The SMILES string of the molecule is CC#CCCOCC(N)COCCCN. The van der Waals surface area contributed by atoms with E-state index >= 15 is 0 Å². The average molecular weight is 214 g/mol. The maximum Gasteiger partial charge on any atom is 0.0640 e. The number of hydrogen-bond donors (Lipinski definition) is 2. The average Bonchev–Trinajstić information content (AvgIpc) is 2.24. The van der Waals surface area contributed by atoms with Crippen LogP contribution in [-0.2, 0) is 9.47 Å². The number of rotatable bonds is 9. The van der Waals surface area contributed by atoms with Crippen LogP contribution >= 0.6 is 0 Å². The van der Waals surface area contributed by atoms with E-state index in [0.29, 0.717) is 33.0 Å². The first kappa shape index (κ1) is 14.4. The van der Waals surface area contributed by atoms with Crippen LogP contribution in [0, 0.1) is 11.8 Å². The van der Waals surface area contributed by atoms with Crippen LogP contribution in [0.3, 0.4) is 0 Å². The van der Waals surface area contributed by atoms with Gasteiger partial charge in [-0.2, -0.15) is 0 Å². The van der Waals surface area contributed by atoms with E-state index < -0.39 is 0 Å². The molecule has 0 rings (SSSR count). The van der Waals surface area contributed by atoms with Gasteiger partial charge in [0.15, 0.2) is 0 Å². The van der Waals surface area contributed by atoms with E-state index in [0.717, 1.165) is 12.8 Å². The van der Waals surface area contributed by atoms with Crippen LogP contribution in [0.1, 0.15) is 19.8 Å². The summed E-state index contributed by atoms with van der Waals surface area (Å²) >= 11 is 0. The zero-order chi connectivity index (χ0) is 11.4. The first-order valence-corrected chi connectivity index (χ1v) is 5.32. The first-order chi connectivity index (χ1) is 7.31. The molecule has 0 aliphatic rings. The molecule has 1 atom stereocenters. The maximum absolute atomic E-state index is 5.75. The van der Waals surface area contributed by atoms with Gasteiger partial charge in [0.05, 0.1) is 25.9 Å². The van der Waals surface area contributed by atoms with E-state index in [4.69, 9.17) is 20.9 Å². The van der Waals surface area contributed by atoms with Gasteiger partial charge in [0.25, 0.3) is 0 Å². The van der Waals surface area contributed by atoms with E-state index in [9.17, 15) is 0 Å². The summed E-state index contributed by atoms with van der Waals surface area (Å²) in [5.74, 6) is 5.73. The second-order valence-corrected chi connectivity index (χ2v) is 3.23. The third-order valence-electron chi connectivity index (χ3n) is 1.70. The molecule has 0 radical (unpaired) electrons. The lowest BCUT2D eigenvalue weighted by Crippen LogP contribution is -2.32. The fraction of sp³-hybridized carbons (Fsp3) is 0.818. The molecule has 4 heteroatoms. The Morgan fingerprint density at radius 3 is 2.47 bits per heavy atom. The summed E-state index contributed by atoms with van der Waals surface area (Å²) in [6.45, 7) is 4.83. The van der Waals surface area contributed by atoms with Crippen molar-refractivity contribution in [2.75, 3.05) is 33.0 Å². The summed E-state index contributed by atoms with van der Waals surface area (Å²) in [6, 6.07) is -0.0580. The molecule has 0 saturated carbocycles. The lowest BCUT2D eigenvalue weighted by Gasteiger charge is -2.11. The molecular formula is C11H22N2O2. The summed E-state index contributed by atoms with van der Waals surface area (Å²) in [6.07, 6.45) is 1.64. The quantitative estimate of drug-likeness (QED) is 0.422. The molecule has 88 valence electrons. The standard InChI is InChI=1S/C11H22N2O2/c1-2-3-4-7-14-9-11(13)10-15-8-5-6-12/h11H,4-10,12-13H2,1H3. The largest absolute Gasteiger partial charge is 0.380 e. The van der Waals surface area contributed by atoms with E-state index in [1.54, 1.807) is 0 Å². The molecule has 0 aliphatic carbocycles. The normalized spacial score (nSPS) is 11.9. The molecule has 0 aromatic heterocycles. The van der Waals surface area contributed by atoms with E-state index in [-0.39, 0.29) is 6.04 Å². The highest BCUT2D eigenvalue weighted by Gasteiger charge is 2.01. The molecule has 4 nitrogen and oxygen atoms in total. The van der Waals surface area contributed by atoms with Crippen molar-refractivity contribution in [3.05, 3.63) is 0 Å². The second kappa shape index (κ2) is 11.5. The number of hydrogen-bond acceptors (Lipinski definition) is 4. The number of nitrogens with two attached hydrogens (primary N) is 2. The fourth-order valence-corrected chi connectivity index (χ4v) is 0.951. The van der Waals surface area contributed by atoms with Gasteiger partial charge in [0.1, 0.15) is 0 Å². The predicted molar refractivity (Wildman–Crippen MR) is 61.4 cm³/mol. The molecule has 0 aromatic carbocycles. The highest BCUT2D eigenvalue weighted by molar-refractivity contribution is 4.94. The smallest absolute Gasteiger partial charge is 0.0640 e. The monoisotopic (exact) mass is 214 g/mol. The van der Waals surface area contributed by atoms with Crippen LogP contribution in [-0.4, -0.2) is 39.0 Å². The Kier molecular flexibility index (Phi) is 11.0. The van der Waals surface area contributed by atoms with Crippen molar-refractivity contribution in [2.24, 2.45) is 11.5 Å². The Balaban J connectivity index is 3.17. The van der Waals surface area contributed by atoms with Crippen molar-refractivity contribution in [3.63, 3.8) is 0 Å². The molecule has 0 saturated heterocycles. The molecule has 0 fully saturated rings. The van der Waals surface area contributed by atoms with Crippen LogP contribution in [0.5, 0.6) is 0 Å². The Bertz CT molecular complexity index is 187. The van der Waals surface area contributed by atoms with Gasteiger partial charge in [-0.1, -0.05) is 0 Å². The Morgan fingerprint density at radius 1 is 1.20 bits per heavy atom. The van der Waals surface area contributed by atoms with Gasteiger partial charge in [-0.25, -0.2) is 0 Å². The lowest BCUT2D eigenvalue weighted by atomic mass is 10.3. The van der Waals surface area contributed by atoms with Gasteiger partial charge in [0, 0.05) is 13.0 Å². The molecule has 0 aliphatic heterocycles. The summed E-state index contributed by atoms with van der Waals surface area (Å²) in [5, 5.41) is 0. The fourth-order valence-electron chi connectivity index (χ4n) is 0.951. The van der Waals surface area contributed by atoms with Crippen LogP contribution in [0.2, 0.25) is 0 Å². The van der Waals surface area contributed by atoms with E-state index in [2.05, 4.69) is 11.8 Å². The highest BCUT2D eigenvalue weighted by atomic mass is 16.5. The van der Waals surface area contributed by atoms with Crippen molar-refractivity contribution in [3.8, 4) is 11.8 Å². The van der Waals surface area contributed by atoms with Crippen LogP contribution < -0.4 is 11.5 Å². The molecule has 0 aromatic rings. The van der Waals surface area contributed by atoms with Crippen molar-refractivity contribution >= 4 is 0 Å². The number of ether oxygens (including phenoxy) is 2. The highest BCUT2D eigenvalue weighted by Crippen LogP contribution is 1.88. The van der Waals surface area contributed by atoms with Gasteiger partial charge in [-0.3, -0.25) is 0 Å². The topological polar surface area (TPSA) is 70.5 Å². The zero-order valence-electron chi connectivity index (χ0n) is 9.50. The zero-order valence-corrected chi connectivity index (χ0v) is 9.50. The third-order valence-corrected chi connectivity index (χ3v) is 1.70. The van der Waals surface area contributed by atoms with Gasteiger partial charge >= 0.3 is 0 Å². The van der Waals surface area contributed by atoms with Crippen molar-refractivity contribution in [1.82, 2.24) is 0 Å². The Hall–Kier alpha value is -0.600. The molecule has 4 N–H and O–H groups in total. The molecule has 0 spiro atoms. The Labute approximate surface area is 92.3 Å². The minimum absolute atomic E-state index is 0.0580.